The summed E-state index contributed by atoms with van der Waals surface area (Å²) in [5.41, 5.74) is 0.660. The summed E-state index contributed by atoms with van der Waals surface area (Å²) in [6, 6.07) is 0. The van der Waals surface area contributed by atoms with Crippen LogP contribution in [0.4, 0.5) is 5.69 Å². The first-order chi connectivity index (χ1) is 6.70. The van der Waals surface area contributed by atoms with Crippen molar-refractivity contribution >= 4 is 23.2 Å². The van der Waals surface area contributed by atoms with Crippen LogP contribution in [-0.2, 0) is 4.79 Å². The summed E-state index contributed by atoms with van der Waals surface area (Å²) >= 11 is 5.82. The summed E-state index contributed by atoms with van der Waals surface area (Å²) in [7, 11) is 0. The first-order valence-corrected chi connectivity index (χ1v) is 5.08. The molecule has 0 radical (unpaired) electrons. The molecule has 0 saturated carbocycles. The lowest BCUT2D eigenvalue weighted by molar-refractivity contribution is -0.118. The average molecular weight is 216 g/mol. The fraction of sp³-hybridized carbons (Fsp3) is 0.556. The second-order valence-electron chi connectivity index (χ2n) is 2.95. The first-order valence-electron chi connectivity index (χ1n) is 4.70. The van der Waals surface area contributed by atoms with Crippen molar-refractivity contribution in [3.05, 3.63) is 11.3 Å². The maximum Gasteiger partial charge on any atom is 0.227 e. The highest BCUT2D eigenvalue weighted by molar-refractivity contribution is 6.32. The van der Waals surface area contributed by atoms with Gasteiger partial charge in [0.2, 0.25) is 5.91 Å². The van der Waals surface area contributed by atoms with Gasteiger partial charge in [0.15, 0.2) is 5.15 Å². The Bertz CT molecular complexity index is 311. The van der Waals surface area contributed by atoms with Gasteiger partial charge in [0, 0.05) is 19.2 Å². The van der Waals surface area contributed by atoms with E-state index in [1.807, 2.05) is 13.8 Å². The van der Waals surface area contributed by atoms with Crippen molar-refractivity contribution in [1.82, 2.24) is 10.2 Å². The van der Waals surface area contributed by atoms with Crippen molar-refractivity contribution in [2.45, 2.75) is 26.7 Å². The van der Waals surface area contributed by atoms with E-state index in [2.05, 4.69) is 10.2 Å². The van der Waals surface area contributed by atoms with E-state index in [1.54, 1.807) is 11.1 Å². The molecule has 1 aromatic rings. The van der Waals surface area contributed by atoms with Gasteiger partial charge in [0.25, 0.3) is 0 Å². The highest BCUT2D eigenvalue weighted by Gasteiger charge is 2.16. The van der Waals surface area contributed by atoms with Crippen molar-refractivity contribution in [3.8, 4) is 0 Å². The van der Waals surface area contributed by atoms with E-state index in [0.29, 0.717) is 23.8 Å². The highest BCUT2D eigenvalue weighted by Crippen LogP contribution is 2.23. The van der Waals surface area contributed by atoms with Gasteiger partial charge < -0.3 is 4.90 Å². The second-order valence-corrected chi connectivity index (χ2v) is 3.31. The predicted octanol–water partition coefficient (Wildman–Crippen LogP) is 2.22. The van der Waals surface area contributed by atoms with Gasteiger partial charge in [-0.25, -0.2) is 0 Å². The second kappa shape index (κ2) is 5.00. The molecule has 0 aromatic carbocycles. The third kappa shape index (κ3) is 2.26. The van der Waals surface area contributed by atoms with Crippen LogP contribution >= 0.6 is 11.6 Å². The van der Waals surface area contributed by atoms with Gasteiger partial charge in [-0.15, -0.1) is 0 Å². The topological polar surface area (TPSA) is 49.0 Å². The summed E-state index contributed by atoms with van der Waals surface area (Å²) in [5, 5.41) is 6.75. The zero-order valence-electron chi connectivity index (χ0n) is 8.38. The van der Waals surface area contributed by atoms with Gasteiger partial charge in [-0.1, -0.05) is 18.5 Å². The molecule has 0 aliphatic rings. The number of amides is 1. The Morgan fingerprint density at radius 1 is 1.64 bits per heavy atom. The van der Waals surface area contributed by atoms with Gasteiger partial charge in [-0.2, -0.15) is 5.10 Å². The lowest BCUT2D eigenvalue weighted by Gasteiger charge is -2.18. The molecular weight excluding hydrogens is 202 g/mol. The Hall–Kier alpha value is -1.03. The molecule has 0 bridgehead atoms. The number of aromatic amines is 1. The Kier molecular flexibility index (Phi) is 3.95. The number of carbonyl (C=O) groups excluding carboxylic acids is 1. The van der Waals surface area contributed by atoms with Gasteiger partial charge in [0.1, 0.15) is 5.69 Å². The van der Waals surface area contributed by atoms with E-state index in [-0.39, 0.29) is 5.91 Å². The minimum Gasteiger partial charge on any atom is -0.309 e. The van der Waals surface area contributed by atoms with E-state index in [4.69, 9.17) is 11.6 Å². The van der Waals surface area contributed by atoms with E-state index in [9.17, 15) is 4.79 Å². The van der Waals surface area contributed by atoms with E-state index in [1.165, 1.54) is 0 Å². The Balaban J connectivity index is 2.82. The normalized spacial score (nSPS) is 10.2. The highest BCUT2D eigenvalue weighted by atomic mass is 35.5. The van der Waals surface area contributed by atoms with E-state index in [0.717, 1.165) is 6.42 Å². The number of halogens is 1. The number of H-pyrrole nitrogens is 1. The van der Waals surface area contributed by atoms with Crippen LogP contribution in [0.25, 0.3) is 0 Å². The van der Waals surface area contributed by atoms with Crippen molar-refractivity contribution in [2.75, 3.05) is 11.4 Å². The molecule has 1 N–H and O–H groups in total. The number of carbonyl (C=O) groups is 1. The molecule has 14 heavy (non-hydrogen) atoms. The quantitative estimate of drug-likeness (QED) is 0.837. The molecule has 5 heteroatoms. The van der Waals surface area contributed by atoms with Crippen molar-refractivity contribution in [2.24, 2.45) is 0 Å². The van der Waals surface area contributed by atoms with Crippen molar-refractivity contribution in [1.29, 1.82) is 0 Å². The fourth-order valence-corrected chi connectivity index (χ4v) is 1.49. The maximum absolute atomic E-state index is 11.7. The third-order valence-electron chi connectivity index (χ3n) is 1.95. The molecule has 0 unspecified atom stereocenters. The van der Waals surface area contributed by atoms with Gasteiger partial charge in [-0.3, -0.25) is 9.89 Å². The molecule has 0 saturated heterocycles. The molecule has 0 fully saturated rings. The standard InChI is InChI=1S/C9H14ClN3O/c1-3-5-8(14)13(4-2)7-6-11-12-9(7)10/h6H,3-5H2,1-2H3,(H,11,12). The number of nitrogens with zero attached hydrogens (tertiary/aromatic N) is 2. The Labute approximate surface area is 88.2 Å². The molecule has 4 nitrogen and oxygen atoms in total. The van der Waals surface area contributed by atoms with Crippen LogP contribution in [0, 0.1) is 0 Å². The molecule has 1 heterocycles. The lowest BCUT2D eigenvalue weighted by atomic mass is 10.3. The number of nitrogens with one attached hydrogen (secondary N) is 1. The van der Waals surface area contributed by atoms with Gasteiger partial charge in [-0.05, 0) is 13.3 Å². The number of anilines is 1. The molecule has 1 amide bonds. The largest absolute Gasteiger partial charge is 0.309 e. The molecule has 0 aliphatic carbocycles. The summed E-state index contributed by atoms with van der Waals surface area (Å²) in [4.78, 5) is 13.3. The Morgan fingerprint density at radius 2 is 2.36 bits per heavy atom. The predicted molar refractivity (Wildman–Crippen MR) is 56.5 cm³/mol. The Morgan fingerprint density at radius 3 is 2.79 bits per heavy atom. The van der Waals surface area contributed by atoms with Crippen LogP contribution in [0.15, 0.2) is 6.20 Å². The fourth-order valence-electron chi connectivity index (χ4n) is 1.29. The summed E-state index contributed by atoms with van der Waals surface area (Å²) in [5.74, 6) is 0.0818. The van der Waals surface area contributed by atoms with Crippen molar-refractivity contribution < 1.29 is 4.79 Å². The smallest absolute Gasteiger partial charge is 0.227 e. The third-order valence-corrected chi connectivity index (χ3v) is 2.23. The maximum atomic E-state index is 11.7. The van der Waals surface area contributed by atoms with Crippen LogP contribution in [0.1, 0.15) is 26.7 Å². The molecule has 0 aliphatic heterocycles. The van der Waals surface area contributed by atoms with Crippen LogP contribution in [0.5, 0.6) is 0 Å². The minimum atomic E-state index is 0.0818. The number of rotatable bonds is 4. The van der Waals surface area contributed by atoms with Crippen LogP contribution in [0.2, 0.25) is 5.15 Å². The zero-order valence-corrected chi connectivity index (χ0v) is 9.14. The minimum absolute atomic E-state index is 0.0818. The molecule has 78 valence electrons. The monoisotopic (exact) mass is 215 g/mol. The van der Waals surface area contributed by atoms with Gasteiger partial charge in [0.05, 0.1) is 0 Å². The average Bonchev–Trinajstić information content (AvgIpc) is 2.54. The molecule has 1 rings (SSSR count). The molecule has 0 atom stereocenters. The van der Waals surface area contributed by atoms with Crippen LogP contribution in [0.3, 0.4) is 0 Å². The molecule has 1 aromatic heterocycles. The van der Waals surface area contributed by atoms with E-state index < -0.39 is 0 Å². The SMILES string of the molecule is CCCC(=O)N(CC)c1c[nH]nc1Cl. The van der Waals surface area contributed by atoms with Gasteiger partial charge >= 0.3 is 0 Å². The molecular formula is C9H14ClN3O. The lowest BCUT2D eigenvalue weighted by Crippen LogP contribution is -2.30. The molecule has 0 spiro atoms. The number of hydrogen-bond acceptors (Lipinski definition) is 2. The summed E-state index contributed by atoms with van der Waals surface area (Å²) < 4.78 is 0. The van der Waals surface area contributed by atoms with Crippen LogP contribution < -0.4 is 4.90 Å². The van der Waals surface area contributed by atoms with Crippen LogP contribution in [-0.4, -0.2) is 22.6 Å². The number of aromatic nitrogens is 2. The zero-order chi connectivity index (χ0) is 10.6. The van der Waals surface area contributed by atoms with Crippen molar-refractivity contribution in [3.63, 3.8) is 0 Å². The first kappa shape index (κ1) is 11.0. The summed E-state index contributed by atoms with van der Waals surface area (Å²) in [6.07, 6.45) is 3.01. The van der Waals surface area contributed by atoms with E-state index >= 15 is 0 Å². The summed E-state index contributed by atoms with van der Waals surface area (Å²) in [6.45, 7) is 4.50. The number of hydrogen-bond donors (Lipinski definition) is 1.